The number of ether oxygens (including phenoxy) is 3. The van der Waals surface area contributed by atoms with E-state index in [1.807, 2.05) is 12.1 Å². The number of hydrogen-bond acceptors (Lipinski definition) is 7. The van der Waals surface area contributed by atoms with Gasteiger partial charge in [0.05, 0.1) is 0 Å². The van der Waals surface area contributed by atoms with Crippen LogP contribution in [0.1, 0.15) is 21.7 Å². The molecule has 0 bridgehead atoms. The molecule has 0 radical (unpaired) electrons. The average molecular weight is 456 g/mol. The molecule has 3 aromatic rings. The van der Waals surface area contributed by atoms with E-state index >= 15 is 0 Å². The molecule has 0 spiro atoms. The Morgan fingerprint density at radius 3 is 2.75 bits per heavy atom. The van der Waals surface area contributed by atoms with Crippen LogP contribution in [0.2, 0.25) is 5.02 Å². The SMILES string of the molecule is O=C(OCCn1c([N+](=O)[O-])cnc1/C=C\c1ccc(Cl)cc1)c1cccc2c1OCCO2. The molecule has 2 aromatic carbocycles. The van der Waals surface area contributed by atoms with E-state index in [9.17, 15) is 14.9 Å². The molecule has 0 unspecified atom stereocenters. The molecule has 164 valence electrons. The van der Waals surface area contributed by atoms with Crippen LogP contribution in [-0.2, 0) is 11.3 Å². The number of hydrogen-bond donors (Lipinski definition) is 0. The predicted octanol–water partition coefficient (Wildman–Crippen LogP) is 4.24. The summed E-state index contributed by atoms with van der Waals surface area (Å²) in [5.41, 5.74) is 1.10. The van der Waals surface area contributed by atoms with Crippen LogP contribution in [0.25, 0.3) is 12.2 Å². The normalized spacial score (nSPS) is 12.7. The van der Waals surface area contributed by atoms with Gasteiger partial charge in [0.15, 0.2) is 11.5 Å². The van der Waals surface area contributed by atoms with Crippen molar-refractivity contribution in [1.82, 2.24) is 9.55 Å². The summed E-state index contributed by atoms with van der Waals surface area (Å²) in [6, 6.07) is 12.1. The highest BCUT2D eigenvalue weighted by atomic mass is 35.5. The fourth-order valence-electron chi connectivity index (χ4n) is 3.17. The van der Waals surface area contributed by atoms with Crippen LogP contribution in [-0.4, -0.2) is 40.3 Å². The second kappa shape index (κ2) is 9.52. The quantitative estimate of drug-likeness (QED) is 0.298. The first-order chi connectivity index (χ1) is 15.5. The van der Waals surface area contributed by atoms with Gasteiger partial charge in [0.25, 0.3) is 0 Å². The predicted molar refractivity (Wildman–Crippen MR) is 117 cm³/mol. The van der Waals surface area contributed by atoms with E-state index in [4.69, 9.17) is 25.8 Å². The molecule has 0 amide bonds. The number of nitrogens with zero attached hydrogens (tertiary/aromatic N) is 3. The summed E-state index contributed by atoms with van der Waals surface area (Å²) >= 11 is 5.89. The Hall–Kier alpha value is -3.85. The minimum Gasteiger partial charge on any atom is -0.486 e. The number of fused-ring (bicyclic) bond motifs is 1. The van der Waals surface area contributed by atoms with E-state index in [1.54, 1.807) is 42.5 Å². The number of carbonyl (C=O) groups excluding carboxylic acids is 1. The van der Waals surface area contributed by atoms with Crippen molar-refractivity contribution in [3.63, 3.8) is 0 Å². The first-order valence-corrected chi connectivity index (χ1v) is 10.1. The van der Waals surface area contributed by atoms with Crippen LogP contribution in [0.3, 0.4) is 0 Å². The lowest BCUT2D eigenvalue weighted by atomic mass is 10.2. The number of benzene rings is 2. The highest BCUT2D eigenvalue weighted by Gasteiger charge is 2.23. The van der Waals surface area contributed by atoms with Crippen LogP contribution in [0.4, 0.5) is 5.82 Å². The number of esters is 1. The minimum atomic E-state index is -0.603. The molecule has 0 saturated carbocycles. The van der Waals surface area contributed by atoms with Crippen molar-refractivity contribution in [3.8, 4) is 11.5 Å². The van der Waals surface area contributed by atoms with E-state index in [0.29, 0.717) is 35.6 Å². The molecule has 1 aromatic heterocycles. The number of para-hydroxylation sites is 1. The third-order valence-corrected chi connectivity index (χ3v) is 4.93. The molecule has 4 rings (SSSR count). The lowest BCUT2D eigenvalue weighted by molar-refractivity contribution is -0.392. The zero-order valence-electron chi connectivity index (χ0n) is 16.8. The second-order valence-corrected chi connectivity index (χ2v) is 7.17. The number of halogens is 1. The molecule has 0 fully saturated rings. The van der Waals surface area contributed by atoms with E-state index in [1.165, 1.54) is 10.8 Å². The van der Waals surface area contributed by atoms with Gasteiger partial charge in [0.2, 0.25) is 5.82 Å². The maximum atomic E-state index is 12.5. The van der Waals surface area contributed by atoms with Crippen molar-refractivity contribution in [2.24, 2.45) is 0 Å². The number of aromatic nitrogens is 2. The van der Waals surface area contributed by atoms with Gasteiger partial charge in [0, 0.05) is 11.1 Å². The summed E-state index contributed by atoms with van der Waals surface area (Å²) in [4.78, 5) is 27.5. The van der Waals surface area contributed by atoms with E-state index in [2.05, 4.69) is 4.98 Å². The van der Waals surface area contributed by atoms with Crippen molar-refractivity contribution in [2.45, 2.75) is 6.54 Å². The smallest absolute Gasteiger partial charge is 0.343 e. The number of carbonyl (C=O) groups is 1. The standard InChI is InChI=1S/C22H18ClN3O6/c23-16-7-4-15(5-8-16)6-9-19-24-14-20(26(28)29)25(19)10-11-32-22(27)17-2-1-3-18-21(17)31-13-12-30-18/h1-9,14H,10-13H2/b9-6-. The summed E-state index contributed by atoms with van der Waals surface area (Å²) < 4.78 is 17.7. The maximum absolute atomic E-state index is 12.5. The maximum Gasteiger partial charge on any atom is 0.343 e. The van der Waals surface area contributed by atoms with Gasteiger partial charge in [-0.05, 0) is 40.8 Å². The molecule has 2 heterocycles. The molecule has 1 aliphatic heterocycles. The summed E-state index contributed by atoms with van der Waals surface area (Å²) in [7, 11) is 0. The van der Waals surface area contributed by atoms with Crippen LogP contribution in [0.15, 0.2) is 48.7 Å². The first-order valence-electron chi connectivity index (χ1n) is 9.72. The molecule has 1 aliphatic rings. The van der Waals surface area contributed by atoms with Gasteiger partial charge in [-0.15, -0.1) is 0 Å². The van der Waals surface area contributed by atoms with Crippen molar-refractivity contribution >= 4 is 35.5 Å². The summed E-state index contributed by atoms with van der Waals surface area (Å²) in [5.74, 6) is 0.366. The van der Waals surface area contributed by atoms with Crippen molar-refractivity contribution in [3.05, 3.63) is 80.7 Å². The molecule has 0 aliphatic carbocycles. The average Bonchev–Trinajstić information content (AvgIpc) is 3.21. The molecular weight excluding hydrogens is 438 g/mol. The Morgan fingerprint density at radius 2 is 1.97 bits per heavy atom. The third-order valence-electron chi connectivity index (χ3n) is 4.68. The molecule has 9 nitrogen and oxygen atoms in total. The Labute approximate surface area is 188 Å². The minimum absolute atomic E-state index is 0.0503. The van der Waals surface area contributed by atoms with E-state index in [0.717, 1.165) is 5.56 Å². The zero-order chi connectivity index (χ0) is 22.5. The highest BCUT2D eigenvalue weighted by molar-refractivity contribution is 6.30. The Balaban J connectivity index is 1.47. The van der Waals surface area contributed by atoms with Crippen LogP contribution in [0.5, 0.6) is 11.5 Å². The Bertz CT molecular complexity index is 1170. The molecule has 0 N–H and O–H groups in total. The topological polar surface area (TPSA) is 106 Å². The molecule has 0 saturated heterocycles. The number of imidazole rings is 1. The van der Waals surface area contributed by atoms with Gasteiger partial charge in [-0.2, -0.15) is 0 Å². The van der Waals surface area contributed by atoms with Gasteiger partial charge < -0.3 is 24.3 Å². The Morgan fingerprint density at radius 1 is 1.19 bits per heavy atom. The molecule has 0 atom stereocenters. The van der Waals surface area contributed by atoms with Gasteiger partial charge in [-0.25, -0.2) is 14.3 Å². The summed E-state index contributed by atoms with van der Waals surface area (Å²) in [6.07, 6.45) is 4.58. The lowest BCUT2D eigenvalue weighted by Crippen LogP contribution is -2.19. The summed E-state index contributed by atoms with van der Waals surface area (Å²) in [6.45, 7) is 0.695. The van der Waals surface area contributed by atoms with E-state index < -0.39 is 10.9 Å². The second-order valence-electron chi connectivity index (χ2n) is 6.73. The van der Waals surface area contributed by atoms with Crippen molar-refractivity contribution in [2.75, 3.05) is 19.8 Å². The molecular formula is C22H18ClN3O6. The molecule has 10 heteroatoms. The van der Waals surface area contributed by atoms with Crippen molar-refractivity contribution < 1.29 is 23.9 Å². The van der Waals surface area contributed by atoms with Crippen LogP contribution in [0, 0.1) is 10.1 Å². The van der Waals surface area contributed by atoms with Gasteiger partial charge >= 0.3 is 11.8 Å². The Kier molecular flexibility index (Phi) is 6.37. The number of rotatable bonds is 7. The fraction of sp³-hybridized carbons (Fsp3) is 0.182. The van der Waals surface area contributed by atoms with Gasteiger partial charge in [-0.3, -0.25) is 0 Å². The number of nitro groups is 1. The van der Waals surface area contributed by atoms with E-state index in [-0.39, 0.29) is 24.5 Å². The third kappa shape index (κ3) is 4.73. The lowest BCUT2D eigenvalue weighted by Gasteiger charge is -2.20. The largest absolute Gasteiger partial charge is 0.486 e. The van der Waals surface area contributed by atoms with Gasteiger partial charge in [-0.1, -0.05) is 29.8 Å². The first kappa shape index (κ1) is 21.4. The van der Waals surface area contributed by atoms with Crippen LogP contribution >= 0.6 is 11.6 Å². The monoisotopic (exact) mass is 455 g/mol. The highest BCUT2D eigenvalue weighted by Crippen LogP contribution is 2.34. The van der Waals surface area contributed by atoms with Gasteiger partial charge in [0.1, 0.15) is 38.1 Å². The fourth-order valence-corrected chi connectivity index (χ4v) is 3.30. The zero-order valence-corrected chi connectivity index (χ0v) is 17.5. The summed E-state index contributed by atoms with van der Waals surface area (Å²) in [5, 5.41) is 12.0. The van der Waals surface area contributed by atoms with Crippen LogP contribution < -0.4 is 9.47 Å². The van der Waals surface area contributed by atoms with Crippen molar-refractivity contribution in [1.29, 1.82) is 0 Å². The molecule has 32 heavy (non-hydrogen) atoms.